The highest BCUT2D eigenvalue weighted by Gasteiger charge is 2.54. The summed E-state index contributed by atoms with van der Waals surface area (Å²) in [6.45, 7) is 3.95. The smallest absolute Gasteiger partial charge is 0.140 e. The van der Waals surface area contributed by atoms with Crippen molar-refractivity contribution in [3.8, 4) is 6.07 Å². The number of methoxy groups -OCH3 is 1. The van der Waals surface area contributed by atoms with Crippen LogP contribution in [0.1, 0.15) is 43.4 Å². The van der Waals surface area contributed by atoms with Crippen molar-refractivity contribution in [3.63, 3.8) is 0 Å². The molecule has 0 amide bonds. The lowest BCUT2D eigenvalue weighted by molar-refractivity contribution is -0.177. The minimum Gasteiger partial charge on any atom is -0.381 e. The van der Waals surface area contributed by atoms with Crippen LogP contribution in [0.15, 0.2) is 18.3 Å². The van der Waals surface area contributed by atoms with E-state index in [0.717, 1.165) is 44.7 Å². The van der Waals surface area contributed by atoms with Crippen molar-refractivity contribution in [2.24, 2.45) is 11.8 Å². The van der Waals surface area contributed by atoms with Gasteiger partial charge >= 0.3 is 0 Å². The van der Waals surface area contributed by atoms with Crippen molar-refractivity contribution in [1.82, 2.24) is 9.88 Å². The molecule has 0 radical (unpaired) electrons. The van der Waals surface area contributed by atoms with E-state index in [2.05, 4.69) is 22.0 Å². The van der Waals surface area contributed by atoms with Gasteiger partial charge in [-0.2, -0.15) is 5.26 Å². The van der Waals surface area contributed by atoms with Gasteiger partial charge in [-0.05, 0) is 43.4 Å². The summed E-state index contributed by atoms with van der Waals surface area (Å²) in [5.41, 5.74) is 1.36. The Morgan fingerprint density at radius 3 is 2.60 bits per heavy atom. The molecule has 1 aromatic rings. The van der Waals surface area contributed by atoms with Crippen LogP contribution in [0.4, 0.5) is 0 Å². The molecule has 25 heavy (non-hydrogen) atoms. The fourth-order valence-corrected chi connectivity index (χ4v) is 5.47. The normalized spacial score (nSPS) is 33.8. The first-order chi connectivity index (χ1) is 12.3. The third-order valence-corrected chi connectivity index (χ3v) is 6.60. The van der Waals surface area contributed by atoms with Gasteiger partial charge in [0.1, 0.15) is 17.4 Å². The molecule has 134 valence electrons. The van der Waals surface area contributed by atoms with Crippen LogP contribution in [0.5, 0.6) is 0 Å². The number of nitriles is 1. The monoisotopic (exact) mass is 341 g/mol. The first kappa shape index (κ1) is 17.0. The van der Waals surface area contributed by atoms with Crippen LogP contribution < -0.4 is 0 Å². The highest BCUT2D eigenvalue weighted by Crippen LogP contribution is 2.52. The zero-order valence-corrected chi connectivity index (χ0v) is 15.0. The Labute approximate surface area is 149 Å². The average Bonchev–Trinajstić information content (AvgIpc) is 2.67. The summed E-state index contributed by atoms with van der Waals surface area (Å²) < 4.78 is 11.8. The molecule has 3 atom stereocenters. The third-order valence-electron chi connectivity index (χ3n) is 6.60. The Morgan fingerprint density at radius 1 is 1.24 bits per heavy atom. The predicted molar refractivity (Wildman–Crippen MR) is 93.9 cm³/mol. The molecule has 4 rings (SSSR count). The molecular formula is C20H27N3O2. The van der Waals surface area contributed by atoms with Gasteiger partial charge in [0.15, 0.2) is 0 Å². The minimum atomic E-state index is -0.269. The summed E-state index contributed by atoms with van der Waals surface area (Å²) in [5.74, 6) is 0.948. The number of rotatable bonds is 3. The average molecular weight is 341 g/mol. The second-order valence-corrected chi connectivity index (χ2v) is 7.66. The zero-order chi connectivity index (χ0) is 17.3. The molecule has 0 aromatic carbocycles. The molecule has 1 saturated carbocycles. The highest BCUT2D eigenvalue weighted by molar-refractivity contribution is 5.32. The van der Waals surface area contributed by atoms with E-state index in [0.29, 0.717) is 23.6 Å². The quantitative estimate of drug-likeness (QED) is 0.846. The molecule has 3 fully saturated rings. The molecule has 2 saturated heterocycles. The number of hydrogen-bond acceptors (Lipinski definition) is 5. The van der Waals surface area contributed by atoms with Crippen LogP contribution in [-0.4, -0.2) is 49.3 Å². The fourth-order valence-electron chi connectivity index (χ4n) is 5.47. The van der Waals surface area contributed by atoms with Gasteiger partial charge in [-0.3, -0.25) is 4.90 Å². The van der Waals surface area contributed by atoms with Crippen molar-refractivity contribution in [2.75, 3.05) is 33.4 Å². The van der Waals surface area contributed by atoms with E-state index < -0.39 is 0 Å². The third kappa shape index (κ3) is 2.87. The van der Waals surface area contributed by atoms with Gasteiger partial charge in [-0.25, -0.2) is 4.98 Å². The molecule has 2 bridgehead atoms. The van der Waals surface area contributed by atoms with Crippen LogP contribution in [0, 0.1) is 23.2 Å². The Balaban J connectivity index is 1.65. The molecule has 0 N–H and O–H groups in total. The number of piperidine rings is 1. The summed E-state index contributed by atoms with van der Waals surface area (Å²) >= 11 is 0. The largest absolute Gasteiger partial charge is 0.381 e. The van der Waals surface area contributed by atoms with Crippen LogP contribution >= 0.6 is 0 Å². The molecule has 5 heteroatoms. The second-order valence-electron chi connectivity index (χ2n) is 7.66. The number of aromatic nitrogens is 1. The van der Waals surface area contributed by atoms with Gasteiger partial charge in [0.2, 0.25) is 0 Å². The number of hydrogen-bond donors (Lipinski definition) is 0. The van der Waals surface area contributed by atoms with E-state index in [-0.39, 0.29) is 5.60 Å². The maximum atomic E-state index is 9.26. The number of nitrogens with zero attached hydrogens (tertiary/aromatic N) is 3. The molecule has 3 aliphatic rings. The maximum absolute atomic E-state index is 9.26. The molecule has 2 aliphatic heterocycles. The standard InChI is InChI=1S/C20H27N3O2/c1-24-20(15-5-8-22-18(11-15)12-21)16-3-2-4-17(20)14-23(13-16)19-6-9-25-10-7-19/h5,8,11,16-17,19H,2-4,6-7,9-10,13-14H2,1H3/t16-,17+,20-. The second kappa shape index (κ2) is 7.03. The molecule has 3 heterocycles. The zero-order valence-electron chi connectivity index (χ0n) is 15.0. The van der Waals surface area contributed by atoms with Gasteiger partial charge in [-0.1, -0.05) is 6.42 Å². The first-order valence-corrected chi connectivity index (χ1v) is 9.51. The number of ether oxygens (including phenoxy) is 2. The summed E-state index contributed by atoms with van der Waals surface area (Å²) in [6.07, 6.45) is 7.70. The molecule has 0 spiro atoms. The van der Waals surface area contributed by atoms with E-state index in [9.17, 15) is 5.26 Å². The lowest BCUT2D eigenvalue weighted by Gasteiger charge is -2.57. The SMILES string of the molecule is CO[C@]1(c2ccnc(C#N)c2)[C@@H]2CCC[C@H]1CN(C1CCOCC1)C2. The summed E-state index contributed by atoms with van der Waals surface area (Å²) in [5, 5.41) is 9.26. The lowest BCUT2D eigenvalue weighted by atomic mass is 9.62. The van der Waals surface area contributed by atoms with Gasteiger partial charge in [0.25, 0.3) is 0 Å². The van der Waals surface area contributed by atoms with E-state index in [4.69, 9.17) is 9.47 Å². The molecule has 5 nitrogen and oxygen atoms in total. The summed E-state index contributed by atoms with van der Waals surface area (Å²) in [4.78, 5) is 6.85. The number of fused-ring (bicyclic) bond motifs is 2. The van der Waals surface area contributed by atoms with Crippen molar-refractivity contribution in [3.05, 3.63) is 29.6 Å². The van der Waals surface area contributed by atoms with E-state index in [1.165, 1.54) is 19.3 Å². The van der Waals surface area contributed by atoms with Crippen molar-refractivity contribution < 1.29 is 9.47 Å². The predicted octanol–water partition coefficient (Wildman–Crippen LogP) is 2.71. The molecule has 1 aromatic heterocycles. The van der Waals surface area contributed by atoms with Crippen LogP contribution in [-0.2, 0) is 15.1 Å². The summed E-state index contributed by atoms with van der Waals surface area (Å²) in [7, 11) is 1.85. The Bertz CT molecular complexity index is 637. The van der Waals surface area contributed by atoms with Gasteiger partial charge in [-0.15, -0.1) is 0 Å². The van der Waals surface area contributed by atoms with E-state index >= 15 is 0 Å². The number of pyridine rings is 1. The number of likely N-dealkylation sites (tertiary alicyclic amines) is 1. The van der Waals surface area contributed by atoms with Crippen LogP contribution in [0.2, 0.25) is 0 Å². The van der Waals surface area contributed by atoms with Crippen molar-refractivity contribution in [2.45, 2.75) is 43.7 Å². The van der Waals surface area contributed by atoms with E-state index in [1.54, 1.807) is 6.20 Å². The van der Waals surface area contributed by atoms with Crippen molar-refractivity contribution >= 4 is 0 Å². The van der Waals surface area contributed by atoms with Gasteiger partial charge in [0.05, 0.1) is 0 Å². The lowest BCUT2D eigenvalue weighted by Crippen LogP contribution is -2.61. The molecular weight excluding hydrogens is 314 g/mol. The Morgan fingerprint density at radius 2 is 1.96 bits per heavy atom. The Kier molecular flexibility index (Phi) is 4.77. The minimum absolute atomic E-state index is 0.269. The molecule has 0 unspecified atom stereocenters. The molecule has 1 aliphatic carbocycles. The van der Waals surface area contributed by atoms with Crippen LogP contribution in [0.3, 0.4) is 0 Å². The van der Waals surface area contributed by atoms with Gasteiger partial charge < -0.3 is 9.47 Å². The Hall–Kier alpha value is -1.48. The highest BCUT2D eigenvalue weighted by atomic mass is 16.5. The van der Waals surface area contributed by atoms with Gasteiger partial charge in [0, 0.05) is 57.5 Å². The fraction of sp³-hybridized carbons (Fsp3) is 0.700. The van der Waals surface area contributed by atoms with Crippen molar-refractivity contribution in [1.29, 1.82) is 5.26 Å². The summed E-state index contributed by atoms with van der Waals surface area (Å²) in [6, 6.07) is 6.83. The van der Waals surface area contributed by atoms with E-state index in [1.807, 2.05) is 13.2 Å². The maximum Gasteiger partial charge on any atom is 0.140 e. The van der Waals surface area contributed by atoms with Crippen LogP contribution in [0.25, 0.3) is 0 Å². The first-order valence-electron chi connectivity index (χ1n) is 9.51. The topological polar surface area (TPSA) is 58.4 Å².